The molecule has 0 spiro atoms. The zero-order chi connectivity index (χ0) is 17.8. The Morgan fingerprint density at radius 1 is 1.12 bits per heavy atom. The Morgan fingerprint density at radius 2 is 1.92 bits per heavy atom. The van der Waals surface area contributed by atoms with Crippen molar-refractivity contribution < 1.29 is 9.18 Å². The van der Waals surface area contributed by atoms with Gasteiger partial charge in [0.2, 0.25) is 0 Å². The van der Waals surface area contributed by atoms with Crippen molar-refractivity contribution in [2.45, 2.75) is 13.5 Å². The van der Waals surface area contributed by atoms with E-state index in [4.69, 9.17) is 0 Å². The second-order valence-corrected chi connectivity index (χ2v) is 5.59. The summed E-state index contributed by atoms with van der Waals surface area (Å²) in [5.41, 5.74) is 1.14. The molecule has 0 bridgehead atoms. The summed E-state index contributed by atoms with van der Waals surface area (Å²) in [6.45, 7) is 1.87. The van der Waals surface area contributed by atoms with Crippen molar-refractivity contribution in [3.05, 3.63) is 93.8 Å². The first-order valence-electron chi connectivity index (χ1n) is 7.72. The molecule has 0 unspecified atom stereocenters. The van der Waals surface area contributed by atoms with E-state index in [-0.39, 0.29) is 18.0 Å². The number of nitrogens with zero attached hydrogens (tertiary/aromatic N) is 2. The van der Waals surface area contributed by atoms with E-state index in [0.717, 1.165) is 5.69 Å². The van der Waals surface area contributed by atoms with Gasteiger partial charge in [-0.25, -0.2) is 9.37 Å². The van der Waals surface area contributed by atoms with Crippen molar-refractivity contribution >= 4 is 11.7 Å². The fraction of sp³-hybridized carbons (Fsp3) is 0.105. The van der Waals surface area contributed by atoms with Crippen LogP contribution < -0.4 is 10.9 Å². The van der Waals surface area contributed by atoms with Crippen LogP contribution >= 0.6 is 0 Å². The minimum absolute atomic E-state index is 0.0509. The third kappa shape index (κ3) is 3.98. The summed E-state index contributed by atoms with van der Waals surface area (Å²) in [7, 11) is 0. The first-order chi connectivity index (χ1) is 12.0. The molecule has 0 aliphatic rings. The summed E-state index contributed by atoms with van der Waals surface area (Å²) in [6, 6.07) is 14.2. The smallest absolute Gasteiger partial charge is 0.258 e. The lowest BCUT2D eigenvalue weighted by Crippen LogP contribution is -2.23. The van der Waals surface area contributed by atoms with E-state index in [2.05, 4.69) is 10.3 Å². The normalized spacial score (nSPS) is 10.5. The molecule has 0 fully saturated rings. The molecule has 0 aliphatic carbocycles. The average molecular weight is 337 g/mol. The summed E-state index contributed by atoms with van der Waals surface area (Å²) in [5.74, 6) is -0.356. The number of carbonyl (C=O) groups excluding carboxylic acids is 1. The van der Waals surface area contributed by atoms with Gasteiger partial charge in [0.25, 0.3) is 11.5 Å². The van der Waals surface area contributed by atoms with Crippen LogP contribution in [0, 0.1) is 12.7 Å². The summed E-state index contributed by atoms with van der Waals surface area (Å²) in [5, 5.41) is 2.68. The lowest BCUT2D eigenvalue weighted by Gasteiger charge is -2.10. The lowest BCUT2D eigenvalue weighted by molar-refractivity contribution is 0.102. The monoisotopic (exact) mass is 337 g/mol. The van der Waals surface area contributed by atoms with E-state index in [1.54, 1.807) is 30.3 Å². The van der Waals surface area contributed by atoms with Gasteiger partial charge in [0.05, 0.1) is 12.1 Å². The summed E-state index contributed by atoms with van der Waals surface area (Å²) < 4.78 is 15.1. The molecule has 1 N–H and O–H groups in total. The van der Waals surface area contributed by atoms with Crippen molar-refractivity contribution in [2.75, 3.05) is 5.32 Å². The van der Waals surface area contributed by atoms with Gasteiger partial charge in [-0.15, -0.1) is 0 Å². The molecule has 2 heterocycles. The van der Waals surface area contributed by atoms with Crippen LogP contribution in [0.1, 0.15) is 21.6 Å². The van der Waals surface area contributed by atoms with Crippen LogP contribution in [0.5, 0.6) is 0 Å². The maximum absolute atomic E-state index is 13.8. The molecule has 0 saturated heterocycles. The molecule has 25 heavy (non-hydrogen) atoms. The largest absolute Gasteiger partial charge is 0.310 e. The SMILES string of the molecule is Cc1cccc(NC(=O)c2ccc(=O)n(Cc3ccccc3F)c2)n1. The molecule has 0 saturated carbocycles. The highest BCUT2D eigenvalue weighted by Gasteiger charge is 2.10. The molecule has 5 nitrogen and oxygen atoms in total. The maximum atomic E-state index is 13.8. The number of amides is 1. The highest BCUT2D eigenvalue weighted by Crippen LogP contribution is 2.10. The quantitative estimate of drug-likeness (QED) is 0.796. The Hall–Kier alpha value is -3.28. The van der Waals surface area contributed by atoms with E-state index in [1.165, 1.54) is 29.0 Å². The Kier molecular flexibility index (Phi) is 4.70. The van der Waals surface area contributed by atoms with Crippen molar-refractivity contribution in [2.24, 2.45) is 0 Å². The van der Waals surface area contributed by atoms with E-state index in [0.29, 0.717) is 16.9 Å². The fourth-order valence-corrected chi connectivity index (χ4v) is 2.40. The third-order valence-electron chi connectivity index (χ3n) is 3.67. The predicted molar refractivity (Wildman–Crippen MR) is 93.1 cm³/mol. The number of benzene rings is 1. The summed E-state index contributed by atoms with van der Waals surface area (Å²) in [6.07, 6.45) is 1.42. The first-order valence-corrected chi connectivity index (χ1v) is 7.72. The van der Waals surface area contributed by atoms with Crippen LogP contribution in [-0.2, 0) is 6.54 Å². The first kappa shape index (κ1) is 16.6. The third-order valence-corrected chi connectivity index (χ3v) is 3.67. The Bertz CT molecular complexity index is 982. The van der Waals surface area contributed by atoms with Crippen molar-refractivity contribution in [1.82, 2.24) is 9.55 Å². The molecule has 0 atom stereocenters. The number of halogens is 1. The van der Waals surface area contributed by atoms with Gasteiger partial charge in [-0.1, -0.05) is 24.3 Å². The number of rotatable bonds is 4. The van der Waals surface area contributed by atoms with E-state index in [1.807, 2.05) is 13.0 Å². The molecule has 2 aromatic heterocycles. The van der Waals surface area contributed by atoms with Gasteiger partial charge in [-0.2, -0.15) is 0 Å². The van der Waals surface area contributed by atoms with Gasteiger partial charge in [-0.3, -0.25) is 9.59 Å². The highest BCUT2D eigenvalue weighted by atomic mass is 19.1. The van der Waals surface area contributed by atoms with Crippen LogP contribution in [0.25, 0.3) is 0 Å². The van der Waals surface area contributed by atoms with Crippen molar-refractivity contribution in [1.29, 1.82) is 0 Å². The zero-order valence-electron chi connectivity index (χ0n) is 13.6. The average Bonchev–Trinajstić information content (AvgIpc) is 2.58. The van der Waals surface area contributed by atoms with Crippen LogP contribution in [0.4, 0.5) is 10.2 Å². The number of carbonyl (C=O) groups is 1. The standard InChI is InChI=1S/C19H16FN3O2/c1-13-5-4-8-17(21-13)22-19(25)15-9-10-18(24)23(12-15)11-14-6-2-3-7-16(14)20/h2-10,12H,11H2,1H3,(H,21,22,25). The lowest BCUT2D eigenvalue weighted by atomic mass is 10.2. The van der Waals surface area contributed by atoms with Crippen molar-refractivity contribution in [3.63, 3.8) is 0 Å². The van der Waals surface area contributed by atoms with E-state index >= 15 is 0 Å². The molecule has 126 valence electrons. The molecule has 0 aliphatic heterocycles. The zero-order valence-corrected chi connectivity index (χ0v) is 13.6. The molecule has 6 heteroatoms. The van der Waals surface area contributed by atoms with Gasteiger partial charge < -0.3 is 9.88 Å². The number of aryl methyl sites for hydroxylation is 1. The Labute approximate surface area is 143 Å². The number of hydrogen-bond donors (Lipinski definition) is 1. The Balaban J connectivity index is 1.85. The highest BCUT2D eigenvalue weighted by molar-refractivity contribution is 6.03. The summed E-state index contributed by atoms with van der Waals surface area (Å²) in [4.78, 5) is 28.6. The van der Waals surface area contributed by atoms with Gasteiger partial charge in [0, 0.05) is 23.5 Å². The van der Waals surface area contributed by atoms with Gasteiger partial charge in [0.15, 0.2) is 0 Å². The molecule has 1 amide bonds. The fourth-order valence-electron chi connectivity index (χ4n) is 2.40. The van der Waals surface area contributed by atoms with Gasteiger partial charge in [0.1, 0.15) is 11.6 Å². The minimum Gasteiger partial charge on any atom is -0.310 e. The summed E-state index contributed by atoms with van der Waals surface area (Å²) >= 11 is 0. The molecule has 0 radical (unpaired) electrons. The Morgan fingerprint density at radius 3 is 2.68 bits per heavy atom. The van der Waals surface area contributed by atoms with E-state index < -0.39 is 5.82 Å². The molecular formula is C19H16FN3O2. The van der Waals surface area contributed by atoms with Crippen LogP contribution in [-0.4, -0.2) is 15.5 Å². The van der Waals surface area contributed by atoms with E-state index in [9.17, 15) is 14.0 Å². The molecule has 3 aromatic rings. The van der Waals surface area contributed by atoms with Gasteiger partial charge >= 0.3 is 0 Å². The van der Waals surface area contributed by atoms with Crippen molar-refractivity contribution in [3.8, 4) is 0 Å². The number of pyridine rings is 2. The minimum atomic E-state index is -0.395. The number of hydrogen-bond acceptors (Lipinski definition) is 3. The second-order valence-electron chi connectivity index (χ2n) is 5.59. The topological polar surface area (TPSA) is 64.0 Å². The molecule has 1 aromatic carbocycles. The maximum Gasteiger partial charge on any atom is 0.258 e. The molecular weight excluding hydrogens is 321 g/mol. The predicted octanol–water partition coefficient (Wildman–Crippen LogP) is 2.99. The van der Waals surface area contributed by atoms with Crippen LogP contribution in [0.2, 0.25) is 0 Å². The second kappa shape index (κ2) is 7.09. The molecule has 3 rings (SSSR count). The number of anilines is 1. The number of nitrogens with one attached hydrogen (secondary N) is 1. The van der Waals surface area contributed by atoms with Crippen LogP contribution in [0.3, 0.4) is 0 Å². The van der Waals surface area contributed by atoms with Crippen LogP contribution in [0.15, 0.2) is 65.6 Å². The van der Waals surface area contributed by atoms with Gasteiger partial charge in [-0.05, 0) is 31.2 Å². The number of aromatic nitrogens is 2.